The van der Waals surface area contributed by atoms with Crippen LogP contribution in [-0.4, -0.2) is 13.9 Å². The van der Waals surface area contributed by atoms with Gasteiger partial charge in [0.1, 0.15) is 5.75 Å². The molecule has 0 fully saturated rings. The molecule has 0 spiro atoms. The van der Waals surface area contributed by atoms with E-state index in [0.717, 1.165) is 24.2 Å². The topological polar surface area (TPSA) is 18.5 Å². The minimum absolute atomic E-state index is 0.279. The van der Waals surface area contributed by atoms with E-state index in [2.05, 4.69) is 18.8 Å². The van der Waals surface area contributed by atoms with Crippen LogP contribution in [0.3, 0.4) is 0 Å². The average Bonchev–Trinajstić information content (AvgIpc) is 2.28. The molecule has 2 heteroatoms. The molecule has 0 radical (unpaired) electrons. The van der Waals surface area contributed by atoms with Crippen LogP contribution in [0, 0.1) is 11.8 Å². The van der Waals surface area contributed by atoms with Crippen LogP contribution in [-0.2, 0) is 4.74 Å². The summed E-state index contributed by atoms with van der Waals surface area (Å²) in [5, 5.41) is 0. The van der Waals surface area contributed by atoms with Crippen molar-refractivity contribution < 1.29 is 9.47 Å². The largest absolute Gasteiger partial charge is 0.468 e. The molecule has 15 heavy (non-hydrogen) atoms. The van der Waals surface area contributed by atoms with Crippen molar-refractivity contribution in [1.82, 2.24) is 0 Å². The summed E-state index contributed by atoms with van der Waals surface area (Å²) in [7, 11) is 1.60. The molecule has 0 unspecified atom stereocenters. The summed E-state index contributed by atoms with van der Waals surface area (Å²) in [5.41, 5.74) is 1.02. The van der Waals surface area contributed by atoms with Crippen molar-refractivity contribution in [3.05, 3.63) is 29.8 Å². The summed E-state index contributed by atoms with van der Waals surface area (Å²) in [5.74, 6) is 6.99. The van der Waals surface area contributed by atoms with E-state index in [1.807, 2.05) is 24.3 Å². The molecule has 0 saturated heterocycles. The zero-order valence-electron chi connectivity index (χ0n) is 9.25. The van der Waals surface area contributed by atoms with Gasteiger partial charge in [-0.3, -0.25) is 0 Å². The van der Waals surface area contributed by atoms with Gasteiger partial charge in [0.15, 0.2) is 6.79 Å². The molecule has 1 rings (SSSR count). The molecule has 1 aromatic carbocycles. The van der Waals surface area contributed by atoms with Crippen molar-refractivity contribution >= 4 is 0 Å². The highest BCUT2D eigenvalue weighted by Crippen LogP contribution is 2.11. The fourth-order valence-electron chi connectivity index (χ4n) is 1.05. The van der Waals surface area contributed by atoms with Gasteiger partial charge in [-0.05, 0) is 30.7 Å². The second-order valence-electron chi connectivity index (χ2n) is 3.13. The summed E-state index contributed by atoms with van der Waals surface area (Å²) in [6.45, 7) is 2.40. The van der Waals surface area contributed by atoms with Crippen molar-refractivity contribution in [3.8, 4) is 17.6 Å². The van der Waals surface area contributed by atoms with Gasteiger partial charge in [-0.2, -0.15) is 0 Å². The number of hydrogen-bond donors (Lipinski definition) is 0. The van der Waals surface area contributed by atoms with Crippen molar-refractivity contribution in [2.45, 2.75) is 19.8 Å². The third-order valence-electron chi connectivity index (χ3n) is 1.81. The summed E-state index contributed by atoms with van der Waals surface area (Å²) < 4.78 is 10.1. The number of methoxy groups -OCH3 is 1. The summed E-state index contributed by atoms with van der Waals surface area (Å²) in [4.78, 5) is 0. The van der Waals surface area contributed by atoms with Crippen LogP contribution in [0.5, 0.6) is 5.75 Å². The van der Waals surface area contributed by atoms with Gasteiger partial charge >= 0.3 is 0 Å². The Hall–Kier alpha value is -1.46. The zero-order chi connectivity index (χ0) is 10.9. The Kier molecular flexibility index (Phi) is 5.35. The Bertz CT molecular complexity index is 330. The SMILES string of the molecule is CCCC#Cc1ccc(OCOC)cc1. The van der Waals surface area contributed by atoms with E-state index in [-0.39, 0.29) is 6.79 Å². The van der Waals surface area contributed by atoms with Gasteiger partial charge < -0.3 is 9.47 Å². The normalized spacial score (nSPS) is 9.20. The van der Waals surface area contributed by atoms with Gasteiger partial charge in [0.25, 0.3) is 0 Å². The second kappa shape index (κ2) is 6.92. The maximum Gasteiger partial charge on any atom is 0.188 e. The second-order valence-corrected chi connectivity index (χ2v) is 3.13. The molecule has 0 aromatic heterocycles. The van der Waals surface area contributed by atoms with Crippen molar-refractivity contribution in [1.29, 1.82) is 0 Å². The van der Waals surface area contributed by atoms with E-state index in [1.54, 1.807) is 7.11 Å². The van der Waals surface area contributed by atoms with E-state index < -0.39 is 0 Å². The smallest absolute Gasteiger partial charge is 0.188 e. The number of ether oxygens (including phenoxy) is 2. The fraction of sp³-hybridized carbons (Fsp3) is 0.385. The molecule has 80 valence electrons. The van der Waals surface area contributed by atoms with Crippen LogP contribution in [0.2, 0.25) is 0 Å². The lowest BCUT2D eigenvalue weighted by Gasteiger charge is -2.03. The maximum absolute atomic E-state index is 5.27. The van der Waals surface area contributed by atoms with Gasteiger partial charge in [-0.15, -0.1) is 0 Å². The summed E-state index contributed by atoms with van der Waals surface area (Å²) >= 11 is 0. The lowest BCUT2D eigenvalue weighted by atomic mass is 10.2. The van der Waals surface area contributed by atoms with E-state index in [0.29, 0.717) is 0 Å². The van der Waals surface area contributed by atoms with E-state index in [4.69, 9.17) is 9.47 Å². The Morgan fingerprint density at radius 2 is 1.93 bits per heavy atom. The Morgan fingerprint density at radius 3 is 2.53 bits per heavy atom. The molecule has 0 amide bonds. The van der Waals surface area contributed by atoms with Gasteiger partial charge in [-0.25, -0.2) is 0 Å². The Balaban J connectivity index is 2.53. The molecule has 0 aliphatic carbocycles. The van der Waals surface area contributed by atoms with Crippen LogP contribution >= 0.6 is 0 Å². The lowest BCUT2D eigenvalue weighted by molar-refractivity contribution is 0.0511. The first-order chi connectivity index (χ1) is 7.36. The maximum atomic E-state index is 5.27. The summed E-state index contributed by atoms with van der Waals surface area (Å²) in [6.07, 6.45) is 2.05. The third-order valence-corrected chi connectivity index (χ3v) is 1.81. The molecule has 0 heterocycles. The summed E-state index contributed by atoms with van der Waals surface area (Å²) in [6, 6.07) is 7.70. The number of unbranched alkanes of at least 4 members (excludes halogenated alkanes) is 1. The lowest BCUT2D eigenvalue weighted by Crippen LogP contribution is -1.98. The molecule has 2 nitrogen and oxygen atoms in total. The van der Waals surface area contributed by atoms with E-state index in [1.165, 1.54) is 0 Å². The molecule has 0 aliphatic rings. The highest BCUT2D eigenvalue weighted by molar-refractivity contribution is 5.38. The van der Waals surface area contributed by atoms with Gasteiger partial charge in [0.2, 0.25) is 0 Å². The van der Waals surface area contributed by atoms with Gasteiger partial charge in [0, 0.05) is 19.1 Å². The number of benzene rings is 1. The van der Waals surface area contributed by atoms with E-state index >= 15 is 0 Å². The van der Waals surface area contributed by atoms with Gasteiger partial charge in [0.05, 0.1) is 0 Å². The molecule has 1 aromatic rings. The minimum atomic E-state index is 0.279. The molecular weight excluding hydrogens is 188 g/mol. The Morgan fingerprint density at radius 1 is 1.20 bits per heavy atom. The monoisotopic (exact) mass is 204 g/mol. The fourth-order valence-corrected chi connectivity index (χ4v) is 1.05. The predicted molar refractivity (Wildman–Crippen MR) is 60.7 cm³/mol. The first-order valence-corrected chi connectivity index (χ1v) is 5.07. The first kappa shape index (κ1) is 11.6. The average molecular weight is 204 g/mol. The zero-order valence-corrected chi connectivity index (χ0v) is 9.25. The first-order valence-electron chi connectivity index (χ1n) is 5.07. The van der Waals surface area contributed by atoms with Crippen LogP contribution in [0.15, 0.2) is 24.3 Å². The standard InChI is InChI=1S/C13H16O2/c1-3-4-5-6-12-7-9-13(10-8-12)15-11-14-2/h7-10H,3-4,11H2,1-2H3. The van der Waals surface area contributed by atoms with Gasteiger partial charge in [-0.1, -0.05) is 18.8 Å². The van der Waals surface area contributed by atoms with Crippen LogP contribution in [0.1, 0.15) is 25.3 Å². The Labute approximate surface area is 91.2 Å². The number of hydrogen-bond acceptors (Lipinski definition) is 2. The molecule has 0 N–H and O–H groups in total. The number of rotatable bonds is 4. The minimum Gasteiger partial charge on any atom is -0.468 e. The molecular formula is C13H16O2. The molecule has 0 aliphatic heterocycles. The van der Waals surface area contributed by atoms with Crippen molar-refractivity contribution in [2.24, 2.45) is 0 Å². The molecule has 0 saturated carbocycles. The highest BCUT2D eigenvalue weighted by Gasteiger charge is 1.91. The predicted octanol–water partition coefficient (Wildman–Crippen LogP) is 2.82. The third kappa shape index (κ3) is 4.53. The van der Waals surface area contributed by atoms with Crippen LogP contribution in [0.4, 0.5) is 0 Å². The van der Waals surface area contributed by atoms with Crippen LogP contribution < -0.4 is 4.74 Å². The highest BCUT2D eigenvalue weighted by atomic mass is 16.7. The van der Waals surface area contributed by atoms with Crippen molar-refractivity contribution in [3.63, 3.8) is 0 Å². The van der Waals surface area contributed by atoms with Crippen LogP contribution in [0.25, 0.3) is 0 Å². The van der Waals surface area contributed by atoms with E-state index in [9.17, 15) is 0 Å². The quantitative estimate of drug-likeness (QED) is 0.554. The molecule has 0 bridgehead atoms. The van der Waals surface area contributed by atoms with Crippen molar-refractivity contribution in [2.75, 3.05) is 13.9 Å². The molecule has 0 atom stereocenters.